The van der Waals surface area contributed by atoms with E-state index in [4.69, 9.17) is 0 Å². The van der Waals surface area contributed by atoms with Crippen LogP contribution in [0.3, 0.4) is 0 Å². The number of anilines is 1. The number of nitrogens with zero attached hydrogens (tertiary/aromatic N) is 5. The first-order valence-electron chi connectivity index (χ1n) is 7.33. The van der Waals surface area contributed by atoms with Gasteiger partial charge in [-0.25, -0.2) is 4.98 Å². The fourth-order valence-corrected chi connectivity index (χ4v) is 2.83. The van der Waals surface area contributed by atoms with Crippen LogP contribution in [-0.2, 0) is 6.18 Å². The van der Waals surface area contributed by atoms with Crippen molar-refractivity contribution in [2.75, 3.05) is 18.0 Å². The lowest BCUT2D eigenvalue weighted by Gasteiger charge is -2.33. The molecule has 0 saturated carbocycles. The molecule has 128 valence electrons. The van der Waals surface area contributed by atoms with Gasteiger partial charge >= 0.3 is 11.9 Å². The number of nitro groups is 1. The van der Waals surface area contributed by atoms with E-state index in [2.05, 4.69) is 10.1 Å². The lowest BCUT2D eigenvalue weighted by Crippen LogP contribution is -2.37. The first kappa shape index (κ1) is 16.2. The minimum atomic E-state index is -4.49. The van der Waals surface area contributed by atoms with Crippen LogP contribution in [0.25, 0.3) is 0 Å². The second-order valence-corrected chi connectivity index (χ2v) is 5.52. The molecule has 2 aromatic heterocycles. The summed E-state index contributed by atoms with van der Waals surface area (Å²) in [5.41, 5.74) is -1.06. The first-order valence-corrected chi connectivity index (χ1v) is 7.33. The Bertz CT molecular complexity index is 746. The van der Waals surface area contributed by atoms with Crippen molar-refractivity contribution >= 4 is 11.5 Å². The van der Waals surface area contributed by atoms with Gasteiger partial charge in [-0.2, -0.15) is 18.3 Å². The number of rotatable bonds is 3. The Hall–Kier alpha value is -2.65. The van der Waals surface area contributed by atoms with E-state index in [1.165, 1.54) is 29.2 Å². The van der Waals surface area contributed by atoms with E-state index in [1.54, 1.807) is 4.90 Å². The molecule has 0 spiro atoms. The Morgan fingerprint density at radius 3 is 2.79 bits per heavy atom. The summed E-state index contributed by atoms with van der Waals surface area (Å²) in [5, 5.41) is 14.7. The van der Waals surface area contributed by atoms with Gasteiger partial charge in [0.15, 0.2) is 5.69 Å². The maximum absolute atomic E-state index is 12.7. The largest absolute Gasteiger partial charge is 0.435 e. The highest BCUT2D eigenvalue weighted by atomic mass is 19.4. The zero-order valence-electron chi connectivity index (χ0n) is 12.5. The zero-order chi connectivity index (χ0) is 17.3. The van der Waals surface area contributed by atoms with E-state index in [0.29, 0.717) is 25.9 Å². The number of alkyl halides is 3. The Kier molecular flexibility index (Phi) is 4.12. The summed E-state index contributed by atoms with van der Waals surface area (Å²) in [5.74, 6) is 0.232. The van der Waals surface area contributed by atoms with Crippen molar-refractivity contribution in [1.29, 1.82) is 0 Å². The predicted molar refractivity (Wildman–Crippen MR) is 78.6 cm³/mol. The highest BCUT2D eigenvalue weighted by Gasteiger charge is 2.35. The maximum Gasteiger partial charge on any atom is 0.435 e. The maximum atomic E-state index is 12.7. The average Bonchev–Trinajstić information content (AvgIpc) is 3.05. The van der Waals surface area contributed by atoms with E-state index < -0.39 is 16.8 Å². The smallest absolute Gasteiger partial charge is 0.349 e. The molecule has 1 saturated heterocycles. The molecule has 0 N–H and O–H groups in total. The van der Waals surface area contributed by atoms with E-state index in [-0.39, 0.29) is 17.5 Å². The Labute approximate surface area is 134 Å². The molecule has 2 aromatic rings. The van der Waals surface area contributed by atoms with Gasteiger partial charge in [-0.05, 0) is 25.0 Å². The molecule has 1 aliphatic rings. The molecule has 0 aromatic carbocycles. The molecule has 3 rings (SSSR count). The van der Waals surface area contributed by atoms with E-state index in [0.717, 1.165) is 6.07 Å². The molecule has 10 heteroatoms. The highest BCUT2D eigenvalue weighted by molar-refractivity contribution is 5.57. The predicted octanol–water partition coefficient (Wildman–Crippen LogP) is 3.05. The van der Waals surface area contributed by atoms with Gasteiger partial charge in [-0.1, -0.05) is 0 Å². The van der Waals surface area contributed by atoms with Crippen LogP contribution in [0.5, 0.6) is 0 Å². The molecule has 24 heavy (non-hydrogen) atoms. The van der Waals surface area contributed by atoms with Crippen LogP contribution in [-0.4, -0.2) is 32.8 Å². The molecular weight excluding hydrogens is 327 g/mol. The Morgan fingerprint density at radius 1 is 1.33 bits per heavy atom. The van der Waals surface area contributed by atoms with Crippen molar-refractivity contribution < 1.29 is 18.1 Å². The van der Waals surface area contributed by atoms with Gasteiger partial charge in [0.2, 0.25) is 5.82 Å². The lowest BCUT2D eigenvalue weighted by atomic mass is 10.1. The SMILES string of the molecule is O=[N+]([O-])c1cccnc1N1CCCC(n2ccc(C(F)(F)F)n2)C1. The molecule has 1 atom stereocenters. The molecule has 1 aliphatic heterocycles. The zero-order valence-corrected chi connectivity index (χ0v) is 12.5. The average molecular weight is 341 g/mol. The minimum absolute atomic E-state index is 0.116. The molecule has 1 unspecified atom stereocenters. The number of pyridine rings is 1. The summed E-state index contributed by atoms with van der Waals surface area (Å²) in [6.07, 6.45) is -0.402. The number of aromatic nitrogens is 3. The van der Waals surface area contributed by atoms with Crippen LogP contribution in [0.4, 0.5) is 24.7 Å². The Balaban J connectivity index is 1.83. The van der Waals surface area contributed by atoms with Gasteiger partial charge in [0.05, 0.1) is 11.0 Å². The standard InChI is InChI=1S/C14H14F3N5O2/c15-14(16,17)12-5-8-21(19-12)10-3-2-7-20(9-10)13-11(22(23)24)4-1-6-18-13/h1,4-6,8,10H,2-3,7,9H2. The lowest BCUT2D eigenvalue weighted by molar-refractivity contribution is -0.384. The quantitative estimate of drug-likeness (QED) is 0.633. The minimum Gasteiger partial charge on any atom is -0.349 e. The fourth-order valence-electron chi connectivity index (χ4n) is 2.83. The number of hydrogen-bond acceptors (Lipinski definition) is 5. The van der Waals surface area contributed by atoms with Gasteiger partial charge in [0, 0.05) is 31.5 Å². The third kappa shape index (κ3) is 3.17. The first-order chi connectivity index (χ1) is 11.4. The summed E-state index contributed by atoms with van der Waals surface area (Å²) >= 11 is 0. The monoisotopic (exact) mass is 341 g/mol. The van der Waals surface area contributed by atoms with Crippen molar-refractivity contribution in [2.24, 2.45) is 0 Å². The van der Waals surface area contributed by atoms with Crippen LogP contribution in [0, 0.1) is 10.1 Å². The molecule has 0 aliphatic carbocycles. The van der Waals surface area contributed by atoms with Gasteiger partial charge in [-0.15, -0.1) is 0 Å². The van der Waals surface area contributed by atoms with E-state index in [9.17, 15) is 23.3 Å². The summed E-state index contributed by atoms with van der Waals surface area (Å²) in [6.45, 7) is 0.874. The van der Waals surface area contributed by atoms with Crippen LogP contribution in [0.1, 0.15) is 24.6 Å². The Morgan fingerprint density at radius 2 is 2.12 bits per heavy atom. The summed E-state index contributed by atoms with van der Waals surface area (Å²) < 4.78 is 39.3. The van der Waals surface area contributed by atoms with Gasteiger partial charge < -0.3 is 4.90 Å². The number of halogens is 3. The molecule has 0 bridgehead atoms. The van der Waals surface area contributed by atoms with E-state index in [1.807, 2.05) is 0 Å². The molecule has 0 amide bonds. The summed E-state index contributed by atoms with van der Waals surface area (Å²) in [4.78, 5) is 16.4. The van der Waals surface area contributed by atoms with Crippen LogP contribution in [0.15, 0.2) is 30.6 Å². The molecular formula is C14H14F3N5O2. The van der Waals surface area contributed by atoms with Crippen LogP contribution >= 0.6 is 0 Å². The number of piperidine rings is 1. The van der Waals surface area contributed by atoms with Gasteiger partial charge in [-0.3, -0.25) is 14.8 Å². The van der Waals surface area contributed by atoms with Crippen LogP contribution < -0.4 is 4.90 Å². The third-order valence-electron chi connectivity index (χ3n) is 3.93. The third-order valence-corrected chi connectivity index (χ3v) is 3.93. The van der Waals surface area contributed by atoms with Gasteiger partial charge in [0.25, 0.3) is 0 Å². The molecule has 7 nitrogen and oxygen atoms in total. The number of hydrogen-bond donors (Lipinski definition) is 0. The molecule has 0 radical (unpaired) electrons. The van der Waals surface area contributed by atoms with Crippen molar-refractivity contribution in [3.05, 3.63) is 46.4 Å². The van der Waals surface area contributed by atoms with Crippen molar-refractivity contribution in [2.45, 2.75) is 25.1 Å². The fraction of sp³-hybridized carbons (Fsp3) is 0.429. The normalized spacial score (nSPS) is 18.6. The highest BCUT2D eigenvalue weighted by Crippen LogP contribution is 2.32. The van der Waals surface area contributed by atoms with Crippen molar-refractivity contribution in [3.8, 4) is 0 Å². The van der Waals surface area contributed by atoms with Crippen molar-refractivity contribution in [3.63, 3.8) is 0 Å². The second kappa shape index (κ2) is 6.10. The summed E-state index contributed by atoms with van der Waals surface area (Å²) in [7, 11) is 0. The van der Waals surface area contributed by atoms with Crippen molar-refractivity contribution in [1.82, 2.24) is 14.8 Å². The summed E-state index contributed by atoms with van der Waals surface area (Å²) in [6, 6.07) is 3.48. The van der Waals surface area contributed by atoms with E-state index >= 15 is 0 Å². The topological polar surface area (TPSA) is 77.1 Å². The van der Waals surface area contributed by atoms with Gasteiger partial charge in [0.1, 0.15) is 0 Å². The molecule has 1 fully saturated rings. The second-order valence-electron chi connectivity index (χ2n) is 5.52. The van der Waals surface area contributed by atoms with Crippen LogP contribution in [0.2, 0.25) is 0 Å². The molecule has 3 heterocycles.